The summed E-state index contributed by atoms with van der Waals surface area (Å²) >= 11 is 0. The van der Waals surface area contributed by atoms with Crippen molar-refractivity contribution in [3.8, 4) is 0 Å². The Labute approximate surface area is 135 Å². The standard InChI is InChI=1S/C18H22N2O3/c1-3-12-23-18(22)13-6-4-11-20-14(13)8-9-16(20)17(21)15-7-5-10-19(15)2/h5,7-10,13H,3-4,6,11-12H2,1-2H3. The lowest BCUT2D eigenvalue weighted by atomic mass is 9.96. The topological polar surface area (TPSA) is 53.2 Å². The van der Waals surface area contributed by atoms with Crippen LogP contribution in [-0.2, 0) is 23.1 Å². The van der Waals surface area contributed by atoms with E-state index >= 15 is 0 Å². The molecule has 1 unspecified atom stereocenters. The summed E-state index contributed by atoms with van der Waals surface area (Å²) in [5.74, 6) is -0.444. The SMILES string of the molecule is CCCOC(=O)C1CCCn2c(C(=O)c3cccn3C)ccc21. The van der Waals surface area contributed by atoms with E-state index in [0.29, 0.717) is 18.0 Å². The van der Waals surface area contributed by atoms with Gasteiger partial charge in [0.2, 0.25) is 5.78 Å². The van der Waals surface area contributed by atoms with Gasteiger partial charge in [0.25, 0.3) is 0 Å². The van der Waals surface area contributed by atoms with Gasteiger partial charge in [0.05, 0.1) is 23.9 Å². The van der Waals surface area contributed by atoms with Gasteiger partial charge in [-0.15, -0.1) is 0 Å². The Morgan fingerprint density at radius 1 is 1.26 bits per heavy atom. The van der Waals surface area contributed by atoms with E-state index in [4.69, 9.17) is 4.74 Å². The van der Waals surface area contributed by atoms with Crippen LogP contribution in [0.2, 0.25) is 0 Å². The summed E-state index contributed by atoms with van der Waals surface area (Å²) in [6.07, 6.45) is 4.33. The number of aryl methyl sites for hydroxylation is 1. The summed E-state index contributed by atoms with van der Waals surface area (Å²) in [7, 11) is 1.86. The molecule has 0 aromatic carbocycles. The van der Waals surface area contributed by atoms with Gasteiger partial charge in [0.1, 0.15) is 0 Å². The maximum absolute atomic E-state index is 12.8. The number of esters is 1. The Kier molecular flexibility index (Phi) is 4.37. The Morgan fingerprint density at radius 2 is 2.09 bits per heavy atom. The molecule has 5 nitrogen and oxygen atoms in total. The molecule has 0 saturated carbocycles. The highest BCUT2D eigenvalue weighted by Crippen LogP contribution is 2.31. The van der Waals surface area contributed by atoms with Crippen LogP contribution in [0.25, 0.3) is 0 Å². The fraction of sp³-hybridized carbons (Fsp3) is 0.444. The van der Waals surface area contributed by atoms with E-state index in [2.05, 4.69) is 0 Å². The van der Waals surface area contributed by atoms with E-state index in [-0.39, 0.29) is 17.7 Å². The van der Waals surface area contributed by atoms with Gasteiger partial charge in [-0.25, -0.2) is 0 Å². The zero-order valence-electron chi connectivity index (χ0n) is 13.6. The van der Waals surface area contributed by atoms with Crippen LogP contribution < -0.4 is 0 Å². The lowest BCUT2D eigenvalue weighted by Crippen LogP contribution is -2.26. The van der Waals surface area contributed by atoms with Gasteiger partial charge in [0.15, 0.2) is 0 Å². The Morgan fingerprint density at radius 3 is 2.78 bits per heavy atom. The van der Waals surface area contributed by atoms with Crippen molar-refractivity contribution in [2.45, 2.75) is 38.6 Å². The van der Waals surface area contributed by atoms with E-state index in [1.54, 1.807) is 0 Å². The number of ketones is 1. The second-order valence-corrected chi connectivity index (χ2v) is 5.99. The van der Waals surface area contributed by atoms with E-state index < -0.39 is 0 Å². The third kappa shape index (κ3) is 2.83. The van der Waals surface area contributed by atoms with Gasteiger partial charge in [-0.1, -0.05) is 6.92 Å². The minimum absolute atomic E-state index is 0.00803. The Hall–Kier alpha value is -2.30. The van der Waals surface area contributed by atoms with Crippen LogP contribution in [0.5, 0.6) is 0 Å². The molecule has 0 spiro atoms. The third-order valence-corrected chi connectivity index (χ3v) is 4.39. The van der Waals surface area contributed by atoms with Crippen molar-refractivity contribution in [2.24, 2.45) is 7.05 Å². The van der Waals surface area contributed by atoms with Crippen molar-refractivity contribution < 1.29 is 14.3 Å². The van der Waals surface area contributed by atoms with E-state index in [9.17, 15) is 9.59 Å². The van der Waals surface area contributed by atoms with Crippen LogP contribution in [0.4, 0.5) is 0 Å². The molecular weight excluding hydrogens is 292 g/mol. The monoisotopic (exact) mass is 314 g/mol. The molecule has 1 aliphatic heterocycles. The lowest BCUT2D eigenvalue weighted by Gasteiger charge is -2.24. The number of ether oxygens (including phenoxy) is 1. The highest BCUT2D eigenvalue weighted by Gasteiger charge is 2.31. The Balaban J connectivity index is 1.90. The number of fused-ring (bicyclic) bond motifs is 1. The number of carbonyl (C=O) groups excluding carboxylic acids is 2. The molecule has 0 N–H and O–H groups in total. The van der Waals surface area contributed by atoms with Crippen molar-refractivity contribution in [3.05, 3.63) is 47.5 Å². The van der Waals surface area contributed by atoms with Crippen LogP contribution >= 0.6 is 0 Å². The first-order chi connectivity index (χ1) is 11.1. The molecule has 0 fully saturated rings. The maximum atomic E-state index is 12.8. The third-order valence-electron chi connectivity index (χ3n) is 4.39. The van der Waals surface area contributed by atoms with E-state index in [1.165, 1.54) is 0 Å². The van der Waals surface area contributed by atoms with Gasteiger partial charge in [-0.3, -0.25) is 9.59 Å². The summed E-state index contributed by atoms with van der Waals surface area (Å²) in [6.45, 7) is 3.20. The largest absolute Gasteiger partial charge is 0.465 e. The van der Waals surface area contributed by atoms with Crippen LogP contribution in [-0.4, -0.2) is 27.5 Å². The van der Waals surface area contributed by atoms with E-state index in [1.807, 2.05) is 53.6 Å². The first-order valence-electron chi connectivity index (χ1n) is 8.15. The highest BCUT2D eigenvalue weighted by molar-refractivity contribution is 6.07. The van der Waals surface area contributed by atoms with Crippen LogP contribution in [0.15, 0.2) is 30.5 Å². The molecule has 3 rings (SSSR count). The number of hydrogen-bond donors (Lipinski definition) is 0. The smallest absolute Gasteiger partial charge is 0.314 e. The predicted molar refractivity (Wildman–Crippen MR) is 86.5 cm³/mol. The van der Waals surface area contributed by atoms with Gasteiger partial charge in [0, 0.05) is 25.5 Å². The van der Waals surface area contributed by atoms with Crippen LogP contribution in [0.3, 0.4) is 0 Å². The van der Waals surface area contributed by atoms with Gasteiger partial charge in [-0.05, 0) is 43.5 Å². The first kappa shape index (κ1) is 15.6. The normalized spacial score (nSPS) is 16.9. The van der Waals surface area contributed by atoms with Gasteiger partial charge < -0.3 is 13.9 Å². The van der Waals surface area contributed by atoms with Crippen molar-refractivity contribution in [2.75, 3.05) is 6.61 Å². The molecule has 2 aromatic rings. The summed E-state index contributed by atoms with van der Waals surface area (Å²) < 4.78 is 9.11. The fourth-order valence-corrected chi connectivity index (χ4v) is 3.21. The first-order valence-corrected chi connectivity index (χ1v) is 8.15. The molecule has 1 atom stereocenters. The van der Waals surface area contributed by atoms with E-state index in [0.717, 1.165) is 31.5 Å². The van der Waals surface area contributed by atoms with Gasteiger partial charge in [-0.2, -0.15) is 0 Å². The molecule has 122 valence electrons. The summed E-state index contributed by atoms with van der Waals surface area (Å²) in [5, 5.41) is 0. The average Bonchev–Trinajstić information content (AvgIpc) is 3.17. The number of carbonyl (C=O) groups is 2. The molecule has 2 aromatic heterocycles. The number of rotatable bonds is 5. The van der Waals surface area contributed by atoms with Crippen LogP contribution in [0, 0.1) is 0 Å². The molecular formula is C18H22N2O3. The lowest BCUT2D eigenvalue weighted by molar-refractivity contribution is -0.146. The fourth-order valence-electron chi connectivity index (χ4n) is 3.21. The van der Waals surface area contributed by atoms with Crippen molar-refractivity contribution in [1.29, 1.82) is 0 Å². The van der Waals surface area contributed by atoms with Crippen molar-refractivity contribution in [1.82, 2.24) is 9.13 Å². The highest BCUT2D eigenvalue weighted by atomic mass is 16.5. The minimum Gasteiger partial charge on any atom is -0.465 e. The van der Waals surface area contributed by atoms with Crippen molar-refractivity contribution >= 4 is 11.8 Å². The molecule has 1 aliphatic rings. The second kappa shape index (κ2) is 6.44. The predicted octanol–water partition coefficient (Wildman–Crippen LogP) is 2.89. The molecule has 3 heterocycles. The summed E-state index contributed by atoms with van der Waals surface area (Å²) in [6, 6.07) is 7.40. The number of aromatic nitrogens is 2. The molecule has 0 radical (unpaired) electrons. The Bertz CT molecular complexity index is 726. The van der Waals surface area contributed by atoms with Crippen molar-refractivity contribution in [3.63, 3.8) is 0 Å². The molecule has 0 saturated heterocycles. The zero-order chi connectivity index (χ0) is 16.4. The summed E-state index contributed by atoms with van der Waals surface area (Å²) in [5.41, 5.74) is 2.20. The number of nitrogens with zero attached hydrogens (tertiary/aromatic N) is 2. The molecule has 23 heavy (non-hydrogen) atoms. The minimum atomic E-state index is -0.259. The zero-order valence-corrected chi connectivity index (χ0v) is 13.6. The molecule has 0 aliphatic carbocycles. The summed E-state index contributed by atoms with van der Waals surface area (Å²) in [4.78, 5) is 25.0. The molecule has 0 amide bonds. The maximum Gasteiger partial charge on any atom is 0.314 e. The second-order valence-electron chi connectivity index (χ2n) is 5.99. The molecule has 5 heteroatoms. The average molecular weight is 314 g/mol. The number of hydrogen-bond acceptors (Lipinski definition) is 3. The van der Waals surface area contributed by atoms with Gasteiger partial charge >= 0.3 is 5.97 Å². The van der Waals surface area contributed by atoms with Crippen LogP contribution in [0.1, 0.15) is 54.0 Å². The quantitative estimate of drug-likeness (QED) is 0.630. The molecule has 0 bridgehead atoms.